The van der Waals surface area contributed by atoms with Gasteiger partial charge in [-0.1, -0.05) is 12.1 Å². The summed E-state index contributed by atoms with van der Waals surface area (Å²) < 4.78 is 11.6. The number of H-pyrrole nitrogens is 1. The highest BCUT2D eigenvalue weighted by Crippen LogP contribution is 2.30. The smallest absolute Gasteiger partial charge is 0.230 e. The Bertz CT molecular complexity index is 780. The molecule has 0 radical (unpaired) electrons. The van der Waals surface area contributed by atoms with Gasteiger partial charge in [0.05, 0.1) is 24.4 Å². The molecule has 0 aliphatic rings. The zero-order valence-electron chi connectivity index (χ0n) is 14.2. The Morgan fingerprint density at radius 1 is 1.25 bits per heavy atom. The molecule has 0 bridgehead atoms. The number of benzene rings is 1. The lowest BCUT2D eigenvalue weighted by Gasteiger charge is -2.13. The number of ether oxygens (including phenoxy) is 1. The van der Waals surface area contributed by atoms with E-state index in [2.05, 4.69) is 19.9 Å². The third-order valence-corrected chi connectivity index (χ3v) is 3.70. The quantitative estimate of drug-likeness (QED) is 0.721. The Labute approximate surface area is 141 Å². The van der Waals surface area contributed by atoms with Crippen molar-refractivity contribution in [2.24, 2.45) is 0 Å². The molecule has 3 rings (SSSR count). The second kappa shape index (κ2) is 7.31. The number of hydrogen-bond acceptors (Lipinski definition) is 5. The van der Waals surface area contributed by atoms with Gasteiger partial charge >= 0.3 is 0 Å². The number of nitrogens with one attached hydrogen (secondary N) is 1. The number of imidazole rings is 1. The molecule has 24 heavy (non-hydrogen) atoms. The minimum atomic E-state index is 0.595. The highest BCUT2D eigenvalue weighted by Gasteiger charge is 2.16. The third kappa shape index (κ3) is 3.65. The second-order valence-electron chi connectivity index (χ2n) is 5.66. The summed E-state index contributed by atoms with van der Waals surface area (Å²) in [6.45, 7) is 5.93. The fourth-order valence-electron chi connectivity index (χ4n) is 2.57. The van der Waals surface area contributed by atoms with Gasteiger partial charge in [0.15, 0.2) is 0 Å². The van der Waals surface area contributed by atoms with Crippen LogP contribution >= 0.6 is 0 Å². The van der Waals surface area contributed by atoms with Crippen LogP contribution in [0, 0.1) is 6.92 Å². The van der Waals surface area contributed by atoms with E-state index in [1.807, 2.05) is 51.4 Å². The van der Waals surface area contributed by atoms with Gasteiger partial charge in [-0.25, -0.2) is 9.97 Å². The Morgan fingerprint density at radius 2 is 2.08 bits per heavy atom. The highest BCUT2D eigenvalue weighted by atomic mass is 16.5. The number of aromatic amines is 1. The Kier molecular flexibility index (Phi) is 4.96. The van der Waals surface area contributed by atoms with Crippen molar-refractivity contribution >= 4 is 0 Å². The van der Waals surface area contributed by atoms with E-state index in [1.54, 1.807) is 6.20 Å². The summed E-state index contributed by atoms with van der Waals surface area (Å²) in [6.07, 6.45) is 3.58. The number of oxazole rings is 1. The molecule has 0 spiro atoms. The van der Waals surface area contributed by atoms with Gasteiger partial charge in [0.1, 0.15) is 17.3 Å². The molecule has 0 aliphatic heterocycles. The summed E-state index contributed by atoms with van der Waals surface area (Å²) >= 11 is 0. The molecule has 0 atom stereocenters. The van der Waals surface area contributed by atoms with E-state index < -0.39 is 0 Å². The van der Waals surface area contributed by atoms with Crippen LogP contribution in [0.3, 0.4) is 0 Å². The molecule has 1 N–H and O–H groups in total. The Balaban J connectivity index is 1.78. The number of rotatable bonds is 7. The minimum Gasteiger partial charge on any atom is -0.493 e. The minimum absolute atomic E-state index is 0.595. The van der Waals surface area contributed by atoms with Crippen molar-refractivity contribution in [1.29, 1.82) is 0 Å². The van der Waals surface area contributed by atoms with Crippen LogP contribution in [0.5, 0.6) is 5.75 Å². The molecule has 1 aromatic carbocycles. The number of para-hydroxylation sites is 1. The molecule has 0 unspecified atom stereocenters. The molecular weight excluding hydrogens is 304 g/mol. The summed E-state index contributed by atoms with van der Waals surface area (Å²) in [6, 6.07) is 7.80. The van der Waals surface area contributed by atoms with Crippen molar-refractivity contribution in [2.45, 2.75) is 26.9 Å². The van der Waals surface area contributed by atoms with Crippen molar-refractivity contribution in [1.82, 2.24) is 19.9 Å². The molecule has 0 amide bonds. The van der Waals surface area contributed by atoms with Crippen LogP contribution in [0.2, 0.25) is 0 Å². The van der Waals surface area contributed by atoms with Gasteiger partial charge in [-0.05, 0) is 33.0 Å². The van der Waals surface area contributed by atoms with Crippen molar-refractivity contribution < 1.29 is 9.15 Å². The Morgan fingerprint density at radius 3 is 2.83 bits per heavy atom. The van der Waals surface area contributed by atoms with Crippen LogP contribution < -0.4 is 4.74 Å². The molecule has 0 saturated heterocycles. The third-order valence-electron chi connectivity index (χ3n) is 3.70. The molecule has 0 fully saturated rings. The SMILES string of the molecule is CCOc1ccccc1-c1nc(CN(C)Cc2ncc[nH]2)c(C)o1. The van der Waals surface area contributed by atoms with Gasteiger partial charge < -0.3 is 14.1 Å². The van der Waals surface area contributed by atoms with E-state index in [4.69, 9.17) is 9.15 Å². The molecule has 6 nitrogen and oxygen atoms in total. The van der Waals surface area contributed by atoms with E-state index in [-0.39, 0.29) is 0 Å². The van der Waals surface area contributed by atoms with E-state index in [1.165, 1.54) is 0 Å². The van der Waals surface area contributed by atoms with E-state index >= 15 is 0 Å². The zero-order chi connectivity index (χ0) is 16.9. The summed E-state index contributed by atoms with van der Waals surface area (Å²) in [5, 5.41) is 0. The second-order valence-corrected chi connectivity index (χ2v) is 5.66. The molecule has 0 saturated carbocycles. The number of aryl methyl sites for hydroxylation is 1. The first kappa shape index (κ1) is 16.3. The van der Waals surface area contributed by atoms with Crippen molar-refractivity contribution in [3.05, 3.63) is 53.9 Å². The molecule has 126 valence electrons. The molecule has 6 heteroatoms. The van der Waals surface area contributed by atoms with Crippen molar-refractivity contribution in [2.75, 3.05) is 13.7 Å². The maximum absolute atomic E-state index is 5.88. The average Bonchev–Trinajstić information content (AvgIpc) is 3.19. The summed E-state index contributed by atoms with van der Waals surface area (Å²) in [5.41, 5.74) is 1.80. The largest absolute Gasteiger partial charge is 0.493 e. The lowest BCUT2D eigenvalue weighted by molar-refractivity contribution is 0.306. The van der Waals surface area contributed by atoms with Crippen molar-refractivity contribution in [3.63, 3.8) is 0 Å². The van der Waals surface area contributed by atoms with Gasteiger partial charge in [-0.2, -0.15) is 0 Å². The zero-order valence-corrected chi connectivity index (χ0v) is 14.2. The van der Waals surface area contributed by atoms with Crippen LogP contribution in [-0.4, -0.2) is 33.5 Å². The molecular formula is C18H22N4O2. The summed E-state index contributed by atoms with van der Waals surface area (Å²) in [5.74, 6) is 3.14. The predicted molar refractivity (Wildman–Crippen MR) is 91.6 cm³/mol. The summed E-state index contributed by atoms with van der Waals surface area (Å²) in [7, 11) is 2.03. The molecule has 0 aliphatic carbocycles. The normalized spacial score (nSPS) is 11.2. The fourth-order valence-corrected chi connectivity index (χ4v) is 2.57. The van der Waals surface area contributed by atoms with Crippen LogP contribution in [0.4, 0.5) is 0 Å². The van der Waals surface area contributed by atoms with Gasteiger partial charge in [-0.3, -0.25) is 4.90 Å². The van der Waals surface area contributed by atoms with Gasteiger partial charge in [0, 0.05) is 18.9 Å². The lowest BCUT2D eigenvalue weighted by Crippen LogP contribution is -2.18. The number of nitrogens with zero attached hydrogens (tertiary/aromatic N) is 3. The van der Waals surface area contributed by atoms with E-state index in [9.17, 15) is 0 Å². The van der Waals surface area contributed by atoms with Crippen LogP contribution in [0.25, 0.3) is 11.5 Å². The van der Waals surface area contributed by atoms with Gasteiger partial charge in [0.25, 0.3) is 0 Å². The first-order valence-electron chi connectivity index (χ1n) is 8.02. The van der Waals surface area contributed by atoms with Crippen LogP contribution in [0.1, 0.15) is 24.2 Å². The van der Waals surface area contributed by atoms with E-state index in [0.717, 1.165) is 35.1 Å². The maximum Gasteiger partial charge on any atom is 0.230 e. The highest BCUT2D eigenvalue weighted by molar-refractivity contribution is 5.63. The fraction of sp³-hybridized carbons (Fsp3) is 0.333. The van der Waals surface area contributed by atoms with Crippen molar-refractivity contribution in [3.8, 4) is 17.2 Å². The van der Waals surface area contributed by atoms with E-state index in [0.29, 0.717) is 19.0 Å². The summed E-state index contributed by atoms with van der Waals surface area (Å²) in [4.78, 5) is 14.2. The molecule has 2 heterocycles. The topological polar surface area (TPSA) is 67.2 Å². The van der Waals surface area contributed by atoms with Crippen LogP contribution in [-0.2, 0) is 13.1 Å². The average molecular weight is 326 g/mol. The predicted octanol–water partition coefficient (Wildman–Crippen LogP) is 3.40. The number of aromatic nitrogens is 3. The van der Waals surface area contributed by atoms with Gasteiger partial charge in [-0.15, -0.1) is 0 Å². The molecule has 3 aromatic rings. The van der Waals surface area contributed by atoms with Gasteiger partial charge in [0.2, 0.25) is 5.89 Å². The van der Waals surface area contributed by atoms with Crippen LogP contribution in [0.15, 0.2) is 41.1 Å². The maximum atomic E-state index is 5.88. The first-order chi connectivity index (χ1) is 11.7. The standard InChI is InChI=1S/C18H22N4O2/c1-4-23-16-8-6-5-7-14(16)18-21-15(13(2)24-18)11-22(3)12-17-19-9-10-20-17/h5-10H,4,11-12H2,1-3H3,(H,19,20). The number of hydrogen-bond donors (Lipinski definition) is 1. The lowest BCUT2D eigenvalue weighted by atomic mass is 10.2. The first-order valence-corrected chi connectivity index (χ1v) is 8.02. The Hall–Kier alpha value is -2.60. The molecule has 2 aromatic heterocycles. The monoisotopic (exact) mass is 326 g/mol.